The second-order valence-electron chi connectivity index (χ2n) is 2.56. The van der Waals surface area contributed by atoms with Crippen molar-refractivity contribution in [2.24, 2.45) is 0 Å². The number of thioether (sulfide) groups is 1. The van der Waals surface area contributed by atoms with Crippen LogP contribution in [0.2, 0.25) is 0 Å². The van der Waals surface area contributed by atoms with E-state index in [1.807, 2.05) is 0 Å². The van der Waals surface area contributed by atoms with E-state index < -0.39 is 12.0 Å². The molecule has 0 bridgehead atoms. The van der Waals surface area contributed by atoms with Gasteiger partial charge in [0.1, 0.15) is 0 Å². The maximum atomic E-state index is 12.0. The Morgan fingerprint density at radius 1 is 1.36 bits per heavy atom. The minimum atomic E-state index is -4.79. The average molecular weight is 220 g/mol. The summed E-state index contributed by atoms with van der Waals surface area (Å²) in [6.45, 7) is 0. The van der Waals surface area contributed by atoms with Gasteiger partial charge in [-0.1, -0.05) is 12.1 Å². The summed E-state index contributed by atoms with van der Waals surface area (Å²) in [4.78, 5) is 11.4. The minimum absolute atomic E-state index is 0.315. The molecule has 1 aromatic rings. The molecule has 0 unspecified atom stereocenters. The molecule has 1 rings (SSSR count). The Balaban J connectivity index is 3.02. The normalized spacial score (nSPS) is 11.4. The lowest BCUT2D eigenvalue weighted by Gasteiger charge is -2.05. The van der Waals surface area contributed by atoms with Gasteiger partial charge in [-0.2, -0.15) is 13.2 Å². The van der Waals surface area contributed by atoms with Crippen LogP contribution in [0.4, 0.5) is 13.2 Å². The van der Waals surface area contributed by atoms with Crippen LogP contribution in [-0.2, 0) is 0 Å². The molecule has 0 radical (unpaired) electrons. The maximum absolute atomic E-state index is 12.0. The zero-order valence-corrected chi connectivity index (χ0v) is 8.08. The van der Waals surface area contributed by atoms with Crippen molar-refractivity contribution >= 4 is 17.5 Å². The fraction of sp³-hybridized carbons (Fsp3) is 0.222. The molecule has 1 aromatic carbocycles. The van der Waals surface area contributed by atoms with Crippen LogP contribution in [0.25, 0.3) is 0 Å². The first-order chi connectivity index (χ1) is 6.45. The number of hydrogen-bond acceptors (Lipinski definition) is 2. The predicted octanol–water partition coefficient (Wildman–Crippen LogP) is 3.15. The summed E-state index contributed by atoms with van der Waals surface area (Å²) in [6.07, 6.45) is -3.06. The van der Waals surface area contributed by atoms with Gasteiger partial charge in [-0.25, -0.2) is 0 Å². The van der Waals surface area contributed by atoms with Gasteiger partial charge in [-0.05, 0) is 18.4 Å². The van der Waals surface area contributed by atoms with E-state index in [4.69, 9.17) is 0 Å². The molecule has 0 N–H and O–H groups in total. The topological polar surface area (TPSA) is 17.1 Å². The summed E-state index contributed by atoms with van der Waals surface area (Å²) in [6, 6.07) is 5.48. The Kier molecular flexibility index (Phi) is 3.21. The molecule has 0 heterocycles. The highest BCUT2D eigenvalue weighted by Gasteiger charge is 2.39. The largest absolute Gasteiger partial charge is 0.454 e. The van der Waals surface area contributed by atoms with Crippen LogP contribution >= 0.6 is 11.8 Å². The van der Waals surface area contributed by atoms with Gasteiger partial charge in [0.25, 0.3) is 5.78 Å². The van der Waals surface area contributed by atoms with E-state index in [9.17, 15) is 18.0 Å². The Morgan fingerprint density at radius 3 is 2.50 bits per heavy atom. The van der Waals surface area contributed by atoms with Crippen LogP contribution in [0.3, 0.4) is 0 Å². The van der Waals surface area contributed by atoms with Crippen molar-refractivity contribution < 1.29 is 18.0 Å². The molecule has 0 aromatic heterocycles. The molecule has 0 spiro atoms. The van der Waals surface area contributed by atoms with E-state index in [2.05, 4.69) is 0 Å². The number of carbonyl (C=O) groups excluding carboxylic acids is 1. The number of ketones is 1. The van der Waals surface area contributed by atoms with Crippen LogP contribution in [0.5, 0.6) is 0 Å². The summed E-state index contributed by atoms with van der Waals surface area (Å²) >= 11 is 1.29. The van der Waals surface area contributed by atoms with Gasteiger partial charge in [-0.15, -0.1) is 11.8 Å². The smallest absolute Gasteiger partial charge is 0.284 e. The van der Waals surface area contributed by atoms with Gasteiger partial charge in [0, 0.05) is 10.5 Å². The monoisotopic (exact) mass is 220 g/mol. The standard InChI is InChI=1S/C9H7F3OS/c1-14-7-4-2-3-6(5-7)8(13)9(10,11)12/h2-5H,1H3. The molecule has 76 valence electrons. The summed E-state index contributed by atoms with van der Waals surface area (Å²) < 4.78 is 36.0. The number of hydrogen-bond donors (Lipinski definition) is 0. The molecule has 5 heteroatoms. The van der Waals surface area contributed by atoms with Crippen molar-refractivity contribution in [1.82, 2.24) is 0 Å². The molecule has 0 fully saturated rings. The summed E-state index contributed by atoms with van der Waals surface area (Å²) in [5.74, 6) is -1.80. The highest BCUT2D eigenvalue weighted by molar-refractivity contribution is 7.98. The number of carbonyl (C=O) groups is 1. The third kappa shape index (κ3) is 2.51. The first kappa shape index (κ1) is 11.1. The van der Waals surface area contributed by atoms with E-state index >= 15 is 0 Å². The molecule has 0 atom stereocenters. The van der Waals surface area contributed by atoms with Gasteiger partial charge in [-0.3, -0.25) is 4.79 Å². The Bertz CT molecular complexity index is 346. The van der Waals surface area contributed by atoms with Crippen molar-refractivity contribution in [3.63, 3.8) is 0 Å². The molecular formula is C9H7F3OS. The number of halogens is 3. The number of alkyl halides is 3. The first-order valence-corrected chi connectivity index (χ1v) is 4.93. The zero-order valence-electron chi connectivity index (χ0n) is 7.26. The van der Waals surface area contributed by atoms with Gasteiger partial charge in [0.2, 0.25) is 0 Å². The number of benzene rings is 1. The molecule has 0 amide bonds. The van der Waals surface area contributed by atoms with Crippen molar-refractivity contribution in [3.8, 4) is 0 Å². The molecule has 0 aliphatic carbocycles. The molecule has 0 aliphatic rings. The Hall–Kier alpha value is -0.970. The fourth-order valence-electron chi connectivity index (χ4n) is 0.928. The quantitative estimate of drug-likeness (QED) is 0.562. The van der Waals surface area contributed by atoms with E-state index in [1.54, 1.807) is 12.3 Å². The van der Waals surface area contributed by atoms with E-state index in [-0.39, 0.29) is 5.56 Å². The van der Waals surface area contributed by atoms with Gasteiger partial charge >= 0.3 is 6.18 Å². The Morgan fingerprint density at radius 2 is 2.00 bits per heavy atom. The third-order valence-electron chi connectivity index (χ3n) is 1.59. The molecule has 1 nitrogen and oxygen atoms in total. The predicted molar refractivity (Wildman–Crippen MR) is 48.6 cm³/mol. The molecular weight excluding hydrogens is 213 g/mol. The van der Waals surface area contributed by atoms with Crippen LogP contribution in [-0.4, -0.2) is 18.2 Å². The molecule has 14 heavy (non-hydrogen) atoms. The van der Waals surface area contributed by atoms with E-state index in [0.29, 0.717) is 4.90 Å². The summed E-state index contributed by atoms with van der Waals surface area (Å²) in [5.41, 5.74) is -0.315. The number of rotatable bonds is 2. The van der Waals surface area contributed by atoms with Crippen LogP contribution in [0, 0.1) is 0 Å². The molecule has 0 saturated heterocycles. The SMILES string of the molecule is CSc1cccc(C(=O)C(F)(F)F)c1. The average Bonchev–Trinajstić information content (AvgIpc) is 2.15. The van der Waals surface area contributed by atoms with Crippen molar-refractivity contribution in [2.75, 3.05) is 6.26 Å². The molecule has 0 saturated carbocycles. The van der Waals surface area contributed by atoms with Crippen LogP contribution in [0.15, 0.2) is 29.2 Å². The number of Topliss-reactive ketones (excluding diaryl/α,β-unsaturated/α-hetero) is 1. The lowest BCUT2D eigenvalue weighted by molar-refractivity contribution is -0.0885. The first-order valence-electron chi connectivity index (χ1n) is 3.70. The van der Waals surface area contributed by atoms with Crippen molar-refractivity contribution in [3.05, 3.63) is 29.8 Å². The second kappa shape index (κ2) is 4.04. The summed E-state index contributed by atoms with van der Waals surface area (Å²) in [7, 11) is 0. The van der Waals surface area contributed by atoms with Crippen LogP contribution < -0.4 is 0 Å². The van der Waals surface area contributed by atoms with Gasteiger partial charge < -0.3 is 0 Å². The highest BCUT2D eigenvalue weighted by Crippen LogP contribution is 2.23. The van der Waals surface area contributed by atoms with E-state index in [0.717, 1.165) is 6.07 Å². The van der Waals surface area contributed by atoms with Crippen LogP contribution in [0.1, 0.15) is 10.4 Å². The zero-order chi connectivity index (χ0) is 10.8. The Labute approximate surface area is 83.3 Å². The van der Waals surface area contributed by atoms with Crippen molar-refractivity contribution in [1.29, 1.82) is 0 Å². The lowest BCUT2D eigenvalue weighted by atomic mass is 10.1. The lowest BCUT2D eigenvalue weighted by Crippen LogP contribution is -2.22. The van der Waals surface area contributed by atoms with Crippen molar-refractivity contribution in [2.45, 2.75) is 11.1 Å². The fourth-order valence-corrected chi connectivity index (χ4v) is 1.39. The summed E-state index contributed by atoms with van der Waals surface area (Å²) in [5, 5.41) is 0. The second-order valence-corrected chi connectivity index (χ2v) is 3.44. The van der Waals surface area contributed by atoms with E-state index in [1.165, 1.54) is 23.9 Å². The van der Waals surface area contributed by atoms with Gasteiger partial charge in [0.05, 0.1) is 0 Å². The minimum Gasteiger partial charge on any atom is -0.284 e. The molecule has 0 aliphatic heterocycles. The third-order valence-corrected chi connectivity index (χ3v) is 2.31. The highest BCUT2D eigenvalue weighted by atomic mass is 32.2. The van der Waals surface area contributed by atoms with Gasteiger partial charge in [0.15, 0.2) is 0 Å². The maximum Gasteiger partial charge on any atom is 0.454 e.